The van der Waals surface area contributed by atoms with Crippen LogP contribution in [-0.2, 0) is 15.9 Å². The Morgan fingerprint density at radius 2 is 1.96 bits per heavy atom. The maximum Gasteiger partial charge on any atom is 0.113 e. The zero-order valence-electron chi connectivity index (χ0n) is 17.2. The number of pyridine rings is 1. The van der Waals surface area contributed by atoms with E-state index in [9.17, 15) is 0 Å². The molecule has 0 spiro atoms. The molecule has 26 heavy (non-hydrogen) atoms. The van der Waals surface area contributed by atoms with Crippen LogP contribution < -0.4 is 0 Å². The lowest BCUT2D eigenvalue weighted by Crippen LogP contribution is -2.42. The fourth-order valence-corrected chi connectivity index (χ4v) is 2.99. The Kier molecular flexibility index (Phi) is 8.13. The van der Waals surface area contributed by atoms with E-state index in [1.807, 2.05) is 12.3 Å². The molecule has 0 bridgehead atoms. The Morgan fingerprint density at radius 1 is 1.19 bits per heavy atom. The van der Waals surface area contributed by atoms with Crippen LogP contribution in [0.25, 0.3) is 0 Å². The van der Waals surface area contributed by atoms with Gasteiger partial charge in [0.1, 0.15) is 5.69 Å². The normalized spacial score (nSPS) is 19.8. The molecule has 0 saturated heterocycles. The fraction of sp³-hybridized carbons (Fsp3) is 0.696. The number of hydrogen-bond acceptors (Lipinski definition) is 3. The van der Waals surface area contributed by atoms with Crippen molar-refractivity contribution in [1.29, 1.82) is 0 Å². The van der Waals surface area contributed by atoms with Gasteiger partial charge in [-0.2, -0.15) is 0 Å². The number of ether oxygens (including phenoxy) is 2. The monoisotopic (exact) mass is 357 g/mol. The summed E-state index contributed by atoms with van der Waals surface area (Å²) in [6.45, 7) is 11.6. The van der Waals surface area contributed by atoms with Gasteiger partial charge in [-0.15, -0.1) is 0 Å². The maximum absolute atomic E-state index is 5.94. The number of hydrogen-bond donors (Lipinski definition) is 0. The highest BCUT2D eigenvalue weighted by molar-refractivity contribution is 5.29. The van der Waals surface area contributed by atoms with Crippen LogP contribution in [0.2, 0.25) is 0 Å². The predicted octanol–water partition coefficient (Wildman–Crippen LogP) is 5.16. The molecule has 0 aliphatic heterocycles. The molecule has 144 valence electrons. The van der Waals surface area contributed by atoms with E-state index < -0.39 is 0 Å². The zero-order chi connectivity index (χ0) is 19.0. The van der Waals surface area contributed by atoms with Crippen LogP contribution in [0.3, 0.4) is 0 Å². The number of aromatic nitrogens is 1. The third-order valence-corrected chi connectivity index (χ3v) is 4.44. The highest BCUT2D eigenvalue weighted by atomic mass is 16.5. The van der Waals surface area contributed by atoms with Gasteiger partial charge in [0, 0.05) is 12.6 Å². The Balaban J connectivity index is 1.60. The second-order valence-corrected chi connectivity index (χ2v) is 8.71. The summed E-state index contributed by atoms with van der Waals surface area (Å²) in [7, 11) is 0. The van der Waals surface area contributed by atoms with E-state index in [-0.39, 0.29) is 5.60 Å². The van der Waals surface area contributed by atoms with E-state index in [2.05, 4.69) is 57.5 Å². The second-order valence-electron chi connectivity index (χ2n) is 8.71. The smallest absolute Gasteiger partial charge is 0.113 e. The molecule has 0 aromatic carbocycles. The van der Waals surface area contributed by atoms with Gasteiger partial charge in [0.2, 0.25) is 0 Å². The molecule has 1 aromatic heterocycles. The first-order valence-electron chi connectivity index (χ1n) is 10.0. The van der Waals surface area contributed by atoms with Gasteiger partial charge >= 0.3 is 0 Å². The molecule has 0 unspecified atom stereocenters. The van der Waals surface area contributed by atoms with Crippen LogP contribution in [-0.4, -0.2) is 29.4 Å². The van der Waals surface area contributed by atoms with Gasteiger partial charge in [0.05, 0.1) is 24.4 Å². The Morgan fingerprint density at radius 3 is 2.58 bits per heavy atom. The molecule has 0 radical (unpaired) electrons. The van der Waals surface area contributed by atoms with E-state index in [0.717, 1.165) is 43.9 Å². The predicted molar refractivity (Wildman–Crippen MR) is 107 cm³/mol. The summed E-state index contributed by atoms with van der Waals surface area (Å²) in [4.78, 5) is 4.45. The molecule has 0 atom stereocenters. The molecule has 1 saturated carbocycles. The van der Waals surface area contributed by atoms with Crippen LogP contribution in [0.1, 0.15) is 78.0 Å². The Hall–Kier alpha value is -1.37. The summed E-state index contributed by atoms with van der Waals surface area (Å²) >= 11 is 0. The second kappa shape index (κ2) is 10.1. The first-order valence-corrected chi connectivity index (χ1v) is 10.0. The van der Waals surface area contributed by atoms with Crippen molar-refractivity contribution < 1.29 is 9.47 Å². The summed E-state index contributed by atoms with van der Waals surface area (Å²) in [6.07, 6.45) is 8.93. The van der Waals surface area contributed by atoms with E-state index >= 15 is 0 Å². The lowest BCUT2D eigenvalue weighted by Gasteiger charge is -2.39. The SMILES string of the molecule is CC(C)CCCC#Cc1ccc(CCOC2CC(OC(C)(C)C)C2)cn1. The number of unbranched alkanes of at least 4 members (excludes halogenated alkanes) is 1. The standard InChI is InChI=1S/C23H35NO2/c1-18(2)9-7-6-8-10-20-12-11-19(17-24-20)13-14-25-21-15-22(16-21)26-23(3,4)5/h11-12,17-18,21-22H,6-7,9,13-16H2,1-5H3. The molecule has 1 fully saturated rings. The zero-order valence-corrected chi connectivity index (χ0v) is 17.2. The van der Waals surface area contributed by atoms with Crippen LogP contribution in [0.4, 0.5) is 0 Å². The molecule has 1 heterocycles. The van der Waals surface area contributed by atoms with Crippen molar-refractivity contribution in [1.82, 2.24) is 4.98 Å². The molecule has 1 aliphatic rings. The van der Waals surface area contributed by atoms with E-state index in [1.54, 1.807) is 0 Å². The summed E-state index contributed by atoms with van der Waals surface area (Å²) in [5, 5.41) is 0. The maximum atomic E-state index is 5.94. The van der Waals surface area contributed by atoms with Crippen LogP contribution in [0.5, 0.6) is 0 Å². The first-order chi connectivity index (χ1) is 12.3. The van der Waals surface area contributed by atoms with Gasteiger partial charge in [0.15, 0.2) is 0 Å². The minimum Gasteiger partial charge on any atom is -0.378 e. The summed E-state index contributed by atoms with van der Waals surface area (Å²) < 4.78 is 11.9. The molecule has 3 nitrogen and oxygen atoms in total. The van der Waals surface area contributed by atoms with Crippen molar-refractivity contribution >= 4 is 0 Å². The summed E-state index contributed by atoms with van der Waals surface area (Å²) in [5.41, 5.74) is 2.01. The van der Waals surface area contributed by atoms with Crippen molar-refractivity contribution in [3.8, 4) is 11.8 Å². The average Bonchev–Trinajstić information content (AvgIpc) is 2.52. The average molecular weight is 358 g/mol. The molecular formula is C23H35NO2. The number of nitrogens with zero attached hydrogens (tertiary/aromatic N) is 1. The number of rotatable bonds is 8. The van der Waals surface area contributed by atoms with Crippen molar-refractivity contribution in [3.05, 3.63) is 29.6 Å². The van der Waals surface area contributed by atoms with Crippen LogP contribution in [0, 0.1) is 17.8 Å². The summed E-state index contributed by atoms with van der Waals surface area (Å²) in [5.74, 6) is 7.13. The van der Waals surface area contributed by atoms with Crippen molar-refractivity contribution in [2.45, 2.75) is 91.0 Å². The van der Waals surface area contributed by atoms with Gasteiger partial charge in [-0.05, 0) is 69.9 Å². The van der Waals surface area contributed by atoms with Crippen molar-refractivity contribution in [2.75, 3.05) is 6.61 Å². The Labute approximate surface area is 159 Å². The van der Waals surface area contributed by atoms with Crippen LogP contribution in [0.15, 0.2) is 18.3 Å². The quantitative estimate of drug-likeness (QED) is 0.475. The molecule has 1 aromatic rings. The van der Waals surface area contributed by atoms with Crippen molar-refractivity contribution in [3.63, 3.8) is 0 Å². The Bertz CT molecular complexity index is 583. The molecule has 0 N–H and O–H groups in total. The van der Waals surface area contributed by atoms with E-state index in [1.165, 1.54) is 18.4 Å². The highest BCUT2D eigenvalue weighted by Crippen LogP contribution is 2.29. The van der Waals surface area contributed by atoms with E-state index in [0.29, 0.717) is 12.2 Å². The molecule has 3 heteroatoms. The lowest BCUT2D eigenvalue weighted by molar-refractivity contribution is -0.148. The van der Waals surface area contributed by atoms with Gasteiger partial charge in [0.25, 0.3) is 0 Å². The van der Waals surface area contributed by atoms with Gasteiger partial charge in [-0.1, -0.05) is 32.3 Å². The highest BCUT2D eigenvalue weighted by Gasteiger charge is 2.33. The van der Waals surface area contributed by atoms with Crippen molar-refractivity contribution in [2.24, 2.45) is 5.92 Å². The molecular weight excluding hydrogens is 322 g/mol. The van der Waals surface area contributed by atoms with Gasteiger partial charge in [-0.25, -0.2) is 4.98 Å². The lowest BCUT2D eigenvalue weighted by atomic mass is 9.91. The minimum atomic E-state index is -0.0552. The largest absolute Gasteiger partial charge is 0.378 e. The van der Waals surface area contributed by atoms with Gasteiger partial charge < -0.3 is 9.47 Å². The summed E-state index contributed by atoms with van der Waals surface area (Å²) in [6, 6.07) is 4.13. The molecule has 0 amide bonds. The third kappa shape index (κ3) is 8.34. The minimum absolute atomic E-state index is 0.0552. The topological polar surface area (TPSA) is 31.4 Å². The third-order valence-electron chi connectivity index (χ3n) is 4.44. The molecule has 1 aliphatic carbocycles. The fourth-order valence-electron chi connectivity index (χ4n) is 2.99. The van der Waals surface area contributed by atoms with Crippen LogP contribution >= 0.6 is 0 Å². The first kappa shape index (κ1) is 20.9. The molecule has 2 rings (SSSR count). The van der Waals surface area contributed by atoms with E-state index in [4.69, 9.17) is 9.47 Å². The van der Waals surface area contributed by atoms with Gasteiger partial charge in [-0.3, -0.25) is 0 Å².